The van der Waals surface area contributed by atoms with E-state index in [-0.39, 0.29) is 77.4 Å². The van der Waals surface area contributed by atoms with Crippen LogP contribution in [0.25, 0.3) is 0 Å². The first-order chi connectivity index (χ1) is 41.6. The number of halogens is 1. The van der Waals surface area contributed by atoms with Gasteiger partial charge in [-0.05, 0) is 161 Å². The van der Waals surface area contributed by atoms with Crippen LogP contribution in [0.4, 0.5) is 67.7 Å². The number of rotatable bonds is 20. The number of nitrogens with zero attached hydrogens (tertiary/aromatic N) is 13. The van der Waals surface area contributed by atoms with Crippen molar-refractivity contribution >= 4 is 118 Å². The largest absolute Gasteiger partial charge is 1.00 e. The first-order valence-electron chi connectivity index (χ1n) is 26.1. The molecule has 0 saturated heterocycles. The van der Waals surface area contributed by atoms with E-state index in [0.717, 1.165) is 60.6 Å². The zero-order valence-corrected chi connectivity index (χ0v) is 54.9. The predicted octanol–water partition coefficient (Wildman–Crippen LogP) is 11.9. The number of hydrogen-bond donors (Lipinski definition) is 6. The Morgan fingerprint density at radius 3 is 1.45 bits per heavy atom. The van der Waals surface area contributed by atoms with Gasteiger partial charge in [0.2, 0.25) is 5.13 Å². The van der Waals surface area contributed by atoms with E-state index in [2.05, 4.69) is 83.4 Å². The molecule has 0 saturated carbocycles. The maximum atomic E-state index is 11.1. The molecule has 0 aliphatic carbocycles. The summed E-state index contributed by atoms with van der Waals surface area (Å²) in [5.41, 5.74) is 6.37. The Morgan fingerprint density at radius 2 is 1.02 bits per heavy atom. The molecule has 0 fully saturated rings. The minimum Gasteiger partial charge on any atom is -0.744 e. The smallest absolute Gasteiger partial charge is 0.744 e. The zero-order valence-electron chi connectivity index (χ0n) is 48.8. The number of aromatic hydroxyl groups is 2. The molecule has 1 aromatic heterocycles. The Bertz CT molecular complexity index is 4010. The van der Waals surface area contributed by atoms with Crippen molar-refractivity contribution < 1.29 is 90.1 Å². The van der Waals surface area contributed by atoms with Gasteiger partial charge >= 0.3 is 37.2 Å². The van der Waals surface area contributed by atoms with Crippen LogP contribution in [0.5, 0.6) is 11.5 Å². The molecule has 1 atom stereocenters. The first kappa shape index (κ1) is 73.7. The fraction of sp³-hybridized carbons (Fsp3) is 0.196. The summed E-state index contributed by atoms with van der Waals surface area (Å²) in [7, 11) is -9.50. The van der Waals surface area contributed by atoms with Gasteiger partial charge in [0.25, 0.3) is 15.8 Å². The summed E-state index contributed by atoms with van der Waals surface area (Å²) in [5, 5.41) is 70.3. The number of nitro benzene ring substituents is 1. The second-order valence-corrected chi connectivity index (χ2v) is 23.9. The zero-order chi connectivity index (χ0) is 64.8. The summed E-state index contributed by atoms with van der Waals surface area (Å²) in [6.45, 7) is 12.0. The quantitative estimate of drug-likeness (QED) is 0.0103. The molecule has 0 aliphatic heterocycles. The second-order valence-electron chi connectivity index (χ2n) is 18.1. The van der Waals surface area contributed by atoms with E-state index in [0.29, 0.717) is 34.1 Å². The molecule has 33 heteroatoms. The fourth-order valence-corrected chi connectivity index (χ4v) is 10.3. The molecule has 6 N–H and O–H groups in total. The van der Waals surface area contributed by atoms with Gasteiger partial charge in [-0.1, -0.05) is 35.1 Å². The monoisotopic (exact) mass is 1320 g/mol. The van der Waals surface area contributed by atoms with Gasteiger partial charge in [0.05, 0.1) is 53.7 Å². The number of aromatic nitrogens is 1. The minimum absolute atomic E-state index is 0. The van der Waals surface area contributed by atoms with Gasteiger partial charge < -0.3 is 44.4 Å². The third-order valence-electron chi connectivity index (χ3n) is 11.8. The third kappa shape index (κ3) is 23.9. The van der Waals surface area contributed by atoms with E-state index in [4.69, 9.17) is 31.0 Å². The Labute approximate surface area is 544 Å². The Morgan fingerprint density at radius 1 is 0.596 bits per heavy atom. The minimum atomic E-state index is -4.73. The summed E-state index contributed by atoms with van der Waals surface area (Å²) < 4.78 is 74.7. The van der Waals surface area contributed by atoms with Crippen molar-refractivity contribution in [1.29, 1.82) is 0 Å². The molecule has 0 bridgehead atoms. The topological polar surface area (TPSA) is 394 Å². The van der Waals surface area contributed by atoms with Crippen molar-refractivity contribution in [2.45, 2.75) is 43.3 Å². The number of aliphatic hydroxyl groups excluding tert-OH is 1. The number of non-ortho nitro benzene ring substituents is 1. The Kier molecular flexibility index (Phi) is 28.8. The van der Waals surface area contributed by atoms with E-state index in [9.17, 15) is 46.3 Å². The van der Waals surface area contributed by atoms with E-state index in [1.165, 1.54) is 72.8 Å². The average Bonchev–Trinajstić information content (AvgIpc) is 4.13. The van der Waals surface area contributed by atoms with E-state index < -0.39 is 38.6 Å². The van der Waals surface area contributed by atoms with E-state index in [1.807, 2.05) is 79.7 Å². The van der Waals surface area contributed by atoms with Crippen LogP contribution in [-0.2, 0) is 24.8 Å². The van der Waals surface area contributed by atoms with Gasteiger partial charge in [-0.15, -0.1) is 15.3 Å². The van der Waals surface area contributed by atoms with Crippen LogP contribution >= 0.6 is 30.5 Å². The summed E-state index contributed by atoms with van der Waals surface area (Å²) >= 11 is 6.58. The molecule has 0 spiro atoms. The molecule has 0 amide bonds. The summed E-state index contributed by atoms with van der Waals surface area (Å²) in [6, 6.07) is 43.1. The fourth-order valence-electron chi connectivity index (χ4n) is 7.21. The molecule has 27 nitrogen and oxygen atoms in total. The van der Waals surface area contributed by atoms with Crippen LogP contribution in [0, 0.1) is 10.1 Å². The third-order valence-corrected chi connectivity index (χ3v) is 16.0. The maximum Gasteiger partial charge on any atom is 1.00 e. The first-order valence-corrected chi connectivity index (χ1v) is 31.8. The normalized spacial score (nSPS) is 11.9. The standard InChI is InChI=1S/C16H19N3O3S.C14H18ClN4O4PS.C14H15N3O3S.C12H9N3O4.Na/c1-3-19(4-2)15-10-8-13(9-11-15)17-18-14-6-5-7-16(12-14)23(20,21)22;1-3-19(4-2)10-7-5-9(6-8-10)17-18-14-16-12(15)11(25-14)13(20)24(21,22)23;1-17(2)13-7-3-11(4-8-13)15-16-12-5-9-14(10-6-12)21(18,19)20;16-10-4-5-11(12(17)7-10)14-13-8-2-1-3-9(6-8)15(18)19;/h5-12H,3-4H2,1-2H3,(H,20,21,22);5-8,13,20H,3-4H2,1-2H3,(H2,21,22,23);3-10H,1-2H3,(H,18,19,20);1-7,16-17H;/q;;;;+1/p-1. The molecule has 1 unspecified atom stereocenters. The van der Waals surface area contributed by atoms with Crippen molar-refractivity contribution in [3.63, 3.8) is 0 Å². The van der Waals surface area contributed by atoms with Gasteiger partial charge in [0.15, 0.2) is 5.85 Å². The van der Waals surface area contributed by atoms with Gasteiger partial charge in [-0.2, -0.15) is 34.0 Å². The average molecular weight is 1320 g/mol. The SMILES string of the molecule is CCN(CC)c1ccc(N=Nc2cccc(S(=O)(=O)O)c2)cc1.CCN(CC)c1ccc(N=Nc2nc(Cl)c(C(O)P(=O)(O)O)s2)cc1.CN(C)c1ccc(N=Nc2ccc(S(=O)(=O)[O-])cc2)cc1.O=[N+]([O-])c1cccc(N=Nc2ccc(O)cc2O)c1.[Na+]. The second kappa shape index (κ2) is 34.8. The van der Waals surface area contributed by atoms with Gasteiger partial charge in [-0.3, -0.25) is 19.2 Å². The molecule has 7 aromatic carbocycles. The number of nitro groups is 1. The number of phenolic OH excluding ortho intramolecular Hbond substituents is 2. The van der Waals surface area contributed by atoms with Crippen molar-refractivity contribution in [3.05, 3.63) is 184 Å². The number of azo groups is 4. The number of benzene rings is 7. The van der Waals surface area contributed by atoms with Crippen LogP contribution < -0.4 is 44.3 Å². The summed E-state index contributed by atoms with van der Waals surface area (Å²) in [4.78, 5) is 37.7. The molecule has 0 aliphatic rings. The van der Waals surface area contributed by atoms with Crippen molar-refractivity contribution in [3.8, 4) is 11.5 Å². The Balaban J connectivity index is 0.000000254. The molecule has 8 rings (SSSR count). The van der Waals surface area contributed by atoms with E-state index >= 15 is 0 Å². The predicted molar refractivity (Wildman–Crippen MR) is 335 cm³/mol. The van der Waals surface area contributed by atoms with Gasteiger partial charge in [0, 0.05) is 75.5 Å². The number of phenols is 2. The molecular formula is C56H60ClN13NaO14PS3. The number of anilines is 3. The van der Waals surface area contributed by atoms with Crippen LogP contribution in [0.2, 0.25) is 5.15 Å². The van der Waals surface area contributed by atoms with Crippen LogP contribution in [0.1, 0.15) is 38.4 Å². The molecule has 0 radical (unpaired) electrons. The molecule has 89 heavy (non-hydrogen) atoms. The summed E-state index contributed by atoms with van der Waals surface area (Å²) in [5.74, 6) is -2.34. The molecular weight excluding hydrogens is 1260 g/mol. The Hall–Kier alpha value is -7.81. The number of aliphatic hydroxyl groups is 1. The van der Waals surface area contributed by atoms with Crippen LogP contribution in [0.3, 0.4) is 0 Å². The van der Waals surface area contributed by atoms with E-state index in [1.54, 1.807) is 24.3 Å². The number of hydrogen-bond acceptors (Lipinski definition) is 24. The molecule has 1 heterocycles. The summed E-state index contributed by atoms with van der Waals surface area (Å²) in [6.07, 6.45) is 0. The van der Waals surface area contributed by atoms with Crippen LogP contribution in [0.15, 0.2) is 214 Å². The van der Waals surface area contributed by atoms with Crippen molar-refractivity contribution in [1.82, 2.24) is 4.98 Å². The van der Waals surface area contributed by atoms with Crippen molar-refractivity contribution in [2.24, 2.45) is 40.9 Å². The van der Waals surface area contributed by atoms with Crippen molar-refractivity contribution in [2.75, 3.05) is 55.0 Å². The van der Waals surface area contributed by atoms with Crippen LogP contribution in [-0.4, -0.2) is 101 Å². The molecule has 464 valence electrons. The van der Waals surface area contributed by atoms with Gasteiger partial charge in [0.1, 0.15) is 32.5 Å². The number of thiazole rings is 1. The maximum absolute atomic E-state index is 11.1. The van der Waals surface area contributed by atoms with Gasteiger partial charge in [-0.25, -0.2) is 13.4 Å². The molecule has 8 aromatic rings.